The van der Waals surface area contributed by atoms with Crippen LogP contribution in [0.1, 0.15) is 11.4 Å². The molecule has 1 aromatic carbocycles. The number of nitrogen functional groups attached to an aromatic ring is 1. The second-order valence-electron chi connectivity index (χ2n) is 4.60. The predicted molar refractivity (Wildman–Crippen MR) is 78.5 cm³/mol. The van der Waals surface area contributed by atoms with Crippen molar-refractivity contribution in [3.05, 3.63) is 53.9 Å². The van der Waals surface area contributed by atoms with E-state index in [0.29, 0.717) is 11.4 Å². The number of hydrogen-bond acceptors (Lipinski definition) is 4. The zero-order valence-corrected chi connectivity index (χ0v) is 12.3. The van der Waals surface area contributed by atoms with Crippen LogP contribution in [0.5, 0.6) is 0 Å². The number of hydrogen-bond donors (Lipinski definition) is 1. The van der Waals surface area contributed by atoms with Crippen molar-refractivity contribution in [1.82, 2.24) is 9.29 Å². The first kappa shape index (κ1) is 14.5. The molecular formula is C14H17N3O2S. The monoisotopic (exact) mass is 291 g/mol. The Morgan fingerprint density at radius 1 is 1.15 bits per heavy atom. The van der Waals surface area contributed by atoms with E-state index in [1.54, 1.807) is 12.1 Å². The van der Waals surface area contributed by atoms with Crippen LogP contribution in [0, 0.1) is 6.92 Å². The molecule has 2 N–H and O–H groups in total. The van der Waals surface area contributed by atoms with E-state index in [0.717, 1.165) is 5.69 Å². The Morgan fingerprint density at radius 3 is 2.40 bits per heavy atom. The standard InChI is InChI=1S/C14H17N3O2S/c1-11-4-3-5-13(16-11)10-17(2)20(18,19)14-8-6-12(15)7-9-14/h3-9H,10,15H2,1-2H3. The minimum absolute atomic E-state index is 0.224. The second kappa shape index (κ2) is 5.60. The van der Waals surface area contributed by atoms with Gasteiger partial charge in [-0.15, -0.1) is 0 Å². The molecule has 0 unspecified atom stereocenters. The molecule has 2 rings (SSSR count). The molecule has 0 saturated heterocycles. The Hall–Kier alpha value is -1.92. The molecule has 1 heterocycles. The van der Waals surface area contributed by atoms with E-state index >= 15 is 0 Å². The molecule has 0 bridgehead atoms. The van der Waals surface area contributed by atoms with Gasteiger partial charge in [-0.2, -0.15) is 4.31 Å². The lowest BCUT2D eigenvalue weighted by Crippen LogP contribution is -2.27. The third kappa shape index (κ3) is 3.15. The molecule has 0 amide bonds. The highest BCUT2D eigenvalue weighted by Gasteiger charge is 2.21. The molecule has 5 nitrogen and oxygen atoms in total. The minimum Gasteiger partial charge on any atom is -0.399 e. The molecule has 6 heteroatoms. The summed E-state index contributed by atoms with van der Waals surface area (Å²) in [7, 11) is -1.99. The van der Waals surface area contributed by atoms with Crippen molar-refractivity contribution >= 4 is 15.7 Å². The summed E-state index contributed by atoms with van der Waals surface area (Å²) in [6, 6.07) is 11.7. The van der Waals surface area contributed by atoms with Crippen LogP contribution in [-0.2, 0) is 16.6 Å². The Morgan fingerprint density at radius 2 is 1.80 bits per heavy atom. The van der Waals surface area contributed by atoms with Gasteiger partial charge in [0.05, 0.1) is 17.1 Å². The lowest BCUT2D eigenvalue weighted by Gasteiger charge is -2.17. The third-order valence-corrected chi connectivity index (χ3v) is 4.74. The SMILES string of the molecule is Cc1cccc(CN(C)S(=O)(=O)c2ccc(N)cc2)n1. The smallest absolute Gasteiger partial charge is 0.243 e. The van der Waals surface area contributed by atoms with Crippen LogP contribution in [0.25, 0.3) is 0 Å². The van der Waals surface area contributed by atoms with Gasteiger partial charge in [0.2, 0.25) is 10.0 Å². The predicted octanol–water partition coefficient (Wildman–Crippen LogP) is 1.79. The molecule has 0 radical (unpaired) electrons. The molecule has 0 aliphatic rings. The lowest BCUT2D eigenvalue weighted by molar-refractivity contribution is 0.462. The summed E-state index contributed by atoms with van der Waals surface area (Å²) in [6.45, 7) is 2.10. The van der Waals surface area contributed by atoms with Gasteiger partial charge in [0.15, 0.2) is 0 Å². The minimum atomic E-state index is -3.53. The maximum Gasteiger partial charge on any atom is 0.243 e. The molecule has 106 valence electrons. The van der Waals surface area contributed by atoms with Crippen molar-refractivity contribution in [2.24, 2.45) is 0 Å². The van der Waals surface area contributed by atoms with Gasteiger partial charge in [0.25, 0.3) is 0 Å². The Bertz CT molecular complexity index is 697. The van der Waals surface area contributed by atoms with Crippen molar-refractivity contribution < 1.29 is 8.42 Å². The van der Waals surface area contributed by atoms with Crippen LogP contribution >= 0.6 is 0 Å². The van der Waals surface area contributed by atoms with Gasteiger partial charge >= 0.3 is 0 Å². The molecule has 0 aliphatic heterocycles. The molecule has 0 aliphatic carbocycles. The van der Waals surface area contributed by atoms with E-state index < -0.39 is 10.0 Å². The average Bonchev–Trinajstić information content (AvgIpc) is 2.39. The van der Waals surface area contributed by atoms with E-state index in [2.05, 4.69) is 4.98 Å². The van der Waals surface area contributed by atoms with Crippen molar-refractivity contribution in [2.75, 3.05) is 12.8 Å². The zero-order chi connectivity index (χ0) is 14.8. The Balaban J connectivity index is 2.23. The number of rotatable bonds is 4. The van der Waals surface area contributed by atoms with E-state index in [-0.39, 0.29) is 11.4 Å². The van der Waals surface area contributed by atoms with Gasteiger partial charge in [-0.1, -0.05) is 6.07 Å². The number of sulfonamides is 1. The van der Waals surface area contributed by atoms with Crippen LogP contribution in [0.2, 0.25) is 0 Å². The van der Waals surface area contributed by atoms with Gasteiger partial charge in [-0.25, -0.2) is 8.42 Å². The van der Waals surface area contributed by atoms with Crippen molar-refractivity contribution in [3.8, 4) is 0 Å². The van der Waals surface area contributed by atoms with Gasteiger partial charge in [0.1, 0.15) is 0 Å². The highest BCUT2D eigenvalue weighted by Crippen LogP contribution is 2.17. The van der Waals surface area contributed by atoms with E-state index in [1.807, 2.05) is 25.1 Å². The molecule has 0 spiro atoms. The highest BCUT2D eigenvalue weighted by atomic mass is 32.2. The van der Waals surface area contributed by atoms with Crippen molar-refractivity contribution in [1.29, 1.82) is 0 Å². The Kier molecular flexibility index (Phi) is 4.06. The average molecular weight is 291 g/mol. The topological polar surface area (TPSA) is 76.3 Å². The van der Waals surface area contributed by atoms with Crippen LogP contribution in [0.4, 0.5) is 5.69 Å². The maximum absolute atomic E-state index is 12.4. The summed E-state index contributed by atoms with van der Waals surface area (Å²) in [4.78, 5) is 4.53. The molecule has 20 heavy (non-hydrogen) atoms. The molecule has 0 fully saturated rings. The van der Waals surface area contributed by atoms with E-state index in [9.17, 15) is 8.42 Å². The first-order chi connectivity index (χ1) is 9.39. The lowest BCUT2D eigenvalue weighted by atomic mass is 10.3. The zero-order valence-electron chi connectivity index (χ0n) is 11.4. The van der Waals surface area contributed by atoms with Crippen LogP contribution < -0.4 is 5.73 Å². The summed E-state index contributed by atoms with van der Waals surface area (Å²) >= 11 is 0. The fraction of sp³-hybridized carbons (Fsp3) is 0.214. The van der Waals surface area contributed by atoms with Gasteiger partial charge < -0.3 is 5.73 Å². The number of aryl methyl sites for hydroxylation is 1. The molecule has 0 saturated carbocycles. The molecule has 2 aromatic rings. The Labute approximate surface area is 119 Å². The molecular weight excluding hydrogens is 274 g/mol. The number of benzene rings is 1. The first-order valence-corrected chi connectivity index (χ1v) is 7.58. The summed E-state index contributed by atoms with van der Waals surface area (Å²) in [5.74, 6) is 0. The van der Waals surface area contributed by atoms with E-state index in [4.69, 9.17) is 5.73 Å². The van der Waals surface area contributed by atoms with Gasteiger partial charge in [0, 0.05) is 18.4 Å². The van der Waals surface area contributed by atoms with Crippen LogP contribution in [0.15, 0.2) is 47.4 Å². The largest absolute Gasteiger partial charge is 0.399 e. The van der Waals surface area contributed by atoms with Gasteiger partial charge in [-0.05, 0) is 43.3 Å². The fourth-order valence-electron chi connectivity index (χ4n) is 1.82. The fourth-order valence-corrected chi connectivity index (χ4v) is 2.96. The van der Waals surface area contributed by atoms with Crippen LogP contribution in [0.3, 0.4) is 0 Å². The first-order valence-electron chi connectivity index (χ1n) is 6.14. The number of aromatic nitrogens is 1. The van der Waals surface area contributed by atoms with Crippen molar-refractivity contribution in [3.63, 3.8) is 0 Å². The van der Waals surface area contributed by atoms with E-state index in [1.165, 1.54) is 23.5 Å². The molecule has 1 aromatic heterocycles. The number of pyridine rings is 1. The third-order valence-electron chi connectivity index (χ3n) is 2.92. The summed E-state index contributed by atoms with van der Waals surface area (Å²) in [5, 5.41) is 0. The van der Waals surface area contributed by atoms with Crippen molar-refractivity contribution in [2.45, 2.75) is 18.4 Å². The van der Waals surface area contributed by atoms with Gasteiger partial charge in [-0.3, -0.25) is 4.98 Å². The quantitative estimate of drug-likeness (QED) is 0.871. The summed E-state index contributed by atoms with van der Waals surface area (Å²) < 4.78 is 26.1. The highest BCUT2D eigenvalue weighted by molar-refractivity contribution is 7.89. The summed E-state index contributed by atoms with van der Waals surface area (Å²) in [6.07, 6.45) is 0. The number of nitrogens with zero attached hydrogens (tertiary/aromatic N) is 2. The normalized spacial score (nSPS) is 11.8. The number of nitrogens with two attached hydrogens (primary N) is 1. The number of anilines is 1. The molecule has 0 atom stereocenters. The second-order valence-corrected chi connectivity index (χ2v) is 6.65. The van der Waals surface area contributed by atoms with Crippen LogP contribution in [-0.4, -0.2) is 24.8 Å². The maximum atomic E-state index is 12.4. The summed E-state index contributed by atoms with van der Waals surface area (Å²) in [5.41, 5.74) is 7.68.